The maximum Gasteiger partial charge on any atom is 0.128 e. The lowest BCUT2D eigenvalue weighted by atomic mass is 9.79. The van der Waals surface area contributed by atoms with Gasteiger partial charge in [-0.2, -0.15) is 0 Å². The standard InChI is InChI=1S/C50H68N2O2/c1-29-19-31(3)41(32(4)20-29)43(51-27-35-23-37(47(7,8)9)25-39(45(35)53)49(13,14)15)44(42-33(5)21-30(2)22-34(42)6)52-28-36-24-38(48(10,11)12)26-40(46(36)54)50(16,17)18/h19-28,43-44,53-54H,1-18H3/t43-,44-/m0/s1. The molecular formula is C50H68N2O2. The molecule has 0 aliphatic rings. The molecule has 0 heterocycles. The molecule has 0 saturated heterocycles. The average molecular weight is 729 g/mol. The summed E-state index contributed by atoms with van der Waals surface area (Å²) >= 11 is 0. The van der Waals surface area contributed by atoms with E-state index in [0.29, 0.717) is 11.1 Å². The first-order valence-corrected chi connectivity index (χ1v) is 19.6. The maximum atomic E-state index is 11.8. The first-order valence-electron chi connectivity index (χ1n) is 19.6. The summed E-state index contributed by atoms with van der Waals surface area (Å²) in [6.45, 7) is 39.0. The maximum absolute atomic E-state index is 11.8. The lowest BCUT2D eigenvalue weighted by Crippen LogP contribution is -2.18. The average Bonchev–Trinajstić information content (AvgIpc) is 2.98. The summed E-state index contributed by atoms with van der Waals surface area (Å²) in [6, 6.07) is 16.5. The summed E-state index contributed by atoms with van der Waals surface area (Å²) in [5, 5.41) is 23.7. The fourth-order valence-electron chi connectivity index (χ4n) is 7.78. The number of rotatable bonds is 7. The molecule has 0 bridgehead atoms. The van der Waals surface area contributed by atoms with Crippen molar-refractivity contribution in [3.05, 3.63) is 126 Å². The van der Waals surface area contributed by atoms with Crippen LogP contribution < -0.4 is 0 Å². The largest absolute Gasteiger partial charge is 0.507 e. The highest BCUT2D eigenvalue weighted by Crippen LogP contribution is 2.44. The Morgan fingerprint density at radius 1 is 0.426 bits per heavy atom. The molecule has 4 heteroatoms. The summed E-state index contributed by atoms with van der Waals surface area (Å²) in [7, 11) is 0. The van der Waals surface area contributed by atoms with Gasteiger partial charge in [0, 0.05) is 34.7 Å². The van der Waals surface area contributed by atoms with Gasteiger partial charge in [0.1, 0.15) is 23.6 Å². The fourth-order valence-corrected chi connectivity index (χ4v) is 7.78. The fraction of sp³-hybridized carbons (Fsp3) is 0.480. The molecule has 2 atom stereocenters. The Morgan fingerprint density at radius 2 is 0.704 bits per heavy atom. The lowest BCUT2D eigenvalue weighted by molar-refractivity contribution is 0.442. The summed E-state index contributed by atoms with van der Waals surface area (Å²) in [5.41, 5.74) is 13.9. The molecule has 290 valence electrons. The predicted octanol–water partition coefficient (Wildman–Crippen LogP) is 13.2. The Balaban J connectivity index is 2.12. The van der Waals surface area contributed by atoms with E-state index in [2.05, 4.69) is 173 Å². The Hall–Kier alpha value is -4.18. The van der Waals surface area contributed by atoms with Gasteiger partial charge in [-0.1, -0.05) is 131 Å². The molecule has 0 aliphatic heterocycles. The van der Waals surface area contributed by atoms with Gasteiger partial charge in [0.2, 0.25) is 0 Å². The number of aliphatic imine (C=N–C) groups is 2. The summed E-state index contributed by atoms with van der Waals surface area (Å²) in [6.07, 6.45) is 3.75. The van der Waals surface area contributed by atoms with Gasteiger partial charge in [-0.3, -0.25) is 9.98 Å². The van der Waals surface area contributed by atoms with Crippen molar-refractivity contribution in [1.29, 1.82) is 0 Å². The van der Waals surface area contributed by atoms with E-state index in [1.807, 2.05) is 12.4 Å². The van der Waals surface area contributed by atoms with Gasteiger partial charge in [0.05, 0.1) is 0 Å². The van der Waals surface area contributed by atoms with Gasteiger partial charge in [-0.15, -0.1) is 0 Å². The molecule has 0 amide bonds. The number of benzene rings is 4. The van der Waals surface area contributed by atoms with Crippen molar-refractivity contribution in [3.8, 4) is 11.5 Å². The van der Waals surface area contributed by atoms with Crippen LogP contribution in [0.15, 0.2) is 58.5 Å². The van der Waals surface area contributed by atoms with Gasteiger partial charge in [-0.25, -0.2) is 0 Å². The van der Waals surface area contributed by atoms with Crippen LogP contribution in [0.2, 0.25) is 0 Å². The quantitative estimate of drug-likeness (QED) is 0.186. The first-order chi connectivity index (χ1) is 24.6. The highest BCUT2D eigenvalue weighted by atomic mass is 16.3. The van der Waals surface area contributed by atoms with Crippen LogP contribution in [0.25, 0.3) is 0 Å². The smallest absolute Gasteiger partial charge is 0.128 e. The second kappa shape index (κ2) is 15.2. The van der Waals surface area contributed by atoms with E-state index in [0.717, 1.165) is 55.6 Å². The lowest BCUT2D eigenvalue weighted by Gasteiger charge is -2.29. The minimum absolute atomic E-state index is 0.127. The van der Waals surface area contributed by atoms with Gasteiger partial charge in [0.15, 0.2) is 0 Å². The summed E-state index contributed by atoms with van der Waals surface area (Å²) in [5.74, 6) is 0.522. The zero-order chi connectivity index (χ0) is 40.9. The van der Waals surface area contributed by atoms with Gasteiger partial charge >= 0.3 is 0 Å². The number of hydrogen-bond donors (Lipinski definition) is 2. The molecule has 54 heavy (non-hydrogen) atoms. The molecule has 4 rings (SSSR count). The minimum Gasteiger partial charge on any atom is -0.507 e. The molecule has 0 saturated carbocycles. The van der Waals surface area contributed by atoms with Gasteiger partial charge in [0.25, 0.3) is 0 Å². The second-order valence-electron chi connectivity index (χ2n) is 20.0. The Kier molecular flexibility index (Phi) is 11.9. The molecule has 0 aliphatic carbocycles. The molecule has 0 spiro atoms. The Morgan fingerprint density at radius 3 is 0.944 bits per heavy atom. The van der Waals surface area contributed by atoms with Crippen LogP contribution in [-0.2, 0) is 21.7 Å². The van der Waals surface area contributed by atoms with Crippen LogP contribution in [-0.4, -0.2) is 22.6 Å². The van der Waals surface area contributed by atoms with E-state index in [1.54, 1.807) is 0 Å². The van der Waals surface area contributed by atoms with Gasteiger partial charge in [-0.05, 0) is 120 Å². The molecule has 0 unspecified atom stereocenters. The Labute approximate surface area is 327 Å². The molecule has 0 radical (unpaired) electrons. The molecular weight excluding hydrogens is 661 g/mol. The number of phenols is 2. The van der Waals surface area contributed by atoms with Gasteiger partial charge < -0.3 is 10.2 Å². The minimum atomic E-state index is -0.437. The van der Waals surface area contributed by atoms with Crippen LogP contribution >= 0.6 is 0 Å². The highest BCUT2D eigenvalue weighted by Gasteiger charge is 2.31. The monoisotopic (exact) mass is 729 g/mol. The highest BCUT2D eigenvalue weighted by molar-refractivity contribution is 5.86. The number of phenolic OH excluding ortho intramolecular Hbond substituents is 2. The van der Waals surface area contributed by atoms with Crippen LogP contribution in [0.4, 0.5) is 0 Å². The van der Waals surface area contributed by atoms with Crippen molar-refractivity contribution in [2.24, 2.45) is 9.98 Å². The zero-order valence-corrected chi connectivity index (χ0v) is 36.7. The topological polar surface area (TPSA) is 65.2 Å². The molecule has 2 N–H and O–H groups in total. The van der Waals surface area contributed by atoms with Crippen LogP contribution in [0.3, 0.4) is 0 Å². The van der Waals surface area contributed by atoms with Crippen molar-refractivity contribution in [2.45, 2.75) is 158 Å². The molecule has 4 aromatic rings. The molecule has 4 aromatic carbocycles. The SMILES string of the molecule is Cc1cc(C)c([C@H](N=Cc2cc(C(C)(C)C)cc(C(C)(C)C)c2O)[C@@H](N=Cc2cc(C(C)(C)C)cc(C(C)(C)C)c2O)c2c(C)cc(C)cc2C)c(C)c1. The van der Waals surface area contributed by atoms with Crippen molar-refractivity contribution in [1.82, 2.24) is 0 Å². The number of nitrogens with zero attached hydrogens (tertiary/aromatic N) is 2. The van der Waals surface area contributed by atoms with E-state index in [9.17, 15) is 10.2 Å². The molecule has 0 fully saturated rings. The third-order valence-electron chi connectivity index (χ3n) is 10.7. The van der Waals surface area contributed by atoms with Crippen molar-refractivity contribution >= 4 is 12.4 Å². The zero-order valence-electron chi connectivity index (χ0n) is 36.7. The third-order valence-corrected chi connectivity index (χ3v) is 10.7. The van der Waals surface area contributed by atoms with E-state index in [4.69, 9.17) is 9.98 Å². The number of aromatic hydroxyl groups is 2. The van der Waals surface area contributed by atoms with Crippen LogP contribution in [0.5, 0.6) is 11.5 Å². The van der Waals surface area contributed by atoms with E-state index in [1.165, 1.54) is 11.1 Å². The summed E-state index contributed by atoms with van der Waals surface area (Å²) in [4.78, 5) is 11.0. The predicted molar refractivity (Wildman–Crippen MR) is 233 cm³/mol. The van der Waals surface area contributed by atoms with Crippen LogP contribution in [0, 0.1) is 41.5 Å². The second-order valence-corrected chi connectivity index (χ2v) is 20.0. The normalized spacial score (nSPS) is 14.3. The third kappa shape index (κ3) is 9.36. The van der Waals surface area contributed by atoms with Crippen molar-refractivity contribution < 1.29 is 10.2 Å². The van der Waals surface area contributed by atoms with Crippen molar-refractivity contribution in [2.75, 3.05) is 0 Å². The first kappa shape index (κ1) is 42.6. The van der Waals surface area contributed by atoms with Crippen molar-refractivity contribution in [3.63, 3.8) is 0 Å². The number of hydrogen-bond acceptors (Lipinski definition) is 4. The molecule has 4 nitrogen and oxygen atoms in total. The van der Waals surface area contributed by atoms with E-state index < -0.39 is 12.1 Å². The Bertz CT molecular complexity index is 1890. The molecule has 0 aromatic heterocycles. The van der Waals surface area contributed by atoms with Crippen LogP contribution in [0.1, 0.15) is 173 Å². The summed E-state index contributed by atoms with van der Waals surface area (Å²) < 4.78 is 0. The van der Waals surface area contributed by atoms with E-state index >= 15 is 0 Å². The van der Waals surface area contributed by atoms with E-state index in [-0.39, 0.29) is 33.2 Å². The number of aryl methyl sites for hydroxylation is 6.